The van der Waals surface area contributed by atoms with Crippen molar-refractivity contribution in [1.82, 2.24) is 9.80 Å². The highest BCUT2D eigenvalue weighted by atomic mass is 35.5. The Morgan fingerprint density at radius 3 is 2.26 bits per heavy atom. The number of carbonyl (C=O) groups is 1. The number of ketones is 1. The maximum absolute atomic E-state index is 13.1. The topological polar surface area (TPSA) is 23.6 Å². The molecule has 0 N–H and O–H groups in total. The maximum atomic E-state index is 13.1. The third-order valence-corrected chi connectivity index (χ3v) is 9.45. The summed E-state index contributed by atoms with van der Waals surface area (Å²) in [6.07, 6.45) is 7.22. The minimum Gasteiger partial charge on any atom is -0.299 e. The molecule has 0 atom stereocenters. The minimum absolute atomic E-state index is 0.291. The van der Waals surface area contributed by atoms with Crippen LogP contribution in [-0.4, -0.2) is 41.8 Å². The van der Waals surface area contributed by atoms with E-state index in [1.54, 1.807) is 0 Å². The first-order chi connectivity index (χ1) is 19.0. The summed E-state index contributed by atoms with van der Waals surface area (Å²) < 4.78 is 0. The van der Waals surface area contributed by atoms with Gasteiger partial charge in [0.25, 0.3) is 0 Å². The van der Waals surface area contributed by atoms with Gasteiger partial charge in [0.2, 0.25) is 0 Å². The van der Waals surface area contributed by atoms with Crippen molar-refractivity contribution in [3.05, 3.63) is 104 Å². The van der Waals surface area contributed by atoms with Gasteiger partial charge in [0.05, 0.1) is 0 Å². The average molecular weight is 564 g/mol. The molecule has 1 saturated heterocycles. The number of benzene rings is 3. The molecule has 39 heavy (non-hydrogen) atoms. The molecule has 5 rings (SSSR count). The van der Waals surface area contributed by atoms with Gasteiger partial charge in [0, 0.05) is 53.8 Å². The van der Waals surface area contributed by atoms with E-state index >= 15 is 0 Å². The molecule has 1 fully saturated rings. The lowest BCUT2D eigenvalue weighted by atomic mass is 9.90. The predicted molar refractivity (Wildman–Crippen MR) is 163 cm³/mol. The summed E-state index contributed by atoms with van der Waals surface area (Å²) in [5.74, 6) is 1.04. The van der Waals surface area contributed by atoms with Crippen molar-refractivity contribution in [2.24, 2.45) is 5.92 Å². The van der Waals surface area contributed by atoms with Gasteiger partial charge in [-0.25, -0.2) is 0 Å². The van der Waals surface area contributed by atoms with Gasteiger partial charge in [-0.3, -0.25) is 14.6 Å². The van der Waals surface area contributed by atoms with Crippen molar-refractivity contribution in [2.45, 2.75) is 65.0 Å². The summed E-state index contributed by atoms with van der Waals surface area (Å²) in [7, 11) is 0. The second-order valence-electron chi connectivity index (χ2n) is 11.4. The van der Waals surface area contributed by atoms with Gasteiger partial charge < -0.3 is 0 Å². The number of halogens is 2. The van der Waals surface area contributed by atoms with Gasteiger partial charge in [-0.2, -0.15) is 0 Å². The first-order valence-electron chi connectivity index (χ1n) is 14.5. The summed E-state index contributed by atoms with van der Waals surface area (Å²) in [6.45, 7) is 8.25. The molecule has 0 saturated carbocycles. The van der Waals surface area contributed by atoms with Crippen molar-refractivity contribution in [1.29, 1.82) is 0 Å². The van der Waals surface area contributed by atoms with Crippen LogP contribution >= 0.6 is 23.2 Å². The zero-order valence-corrected chi connectivity index (χ0v) is 24.6. The second-order valence-corrected chi connectivity index (χ2v) is 12.2. The van der Waals surface area contributed by atoms with Crippen molar-refractivity contribution in [3.8, 4) is 0 Å². The molecule has 5 heteroatoms. The summed E-state index contributed by atoms with van der Waals surface area (Å²) in [6, 6.07) is 20.8. The lowest BCUT2D eigenvalue weighted by Gasteiger charge is -2.32. The molecule has 3 aromatic carbocycles. The third-order valence-electron chi connectivity index (χ3n) is 8.74. The van der Waals surface area contributed by atoms with Crippen molar-refractivity contribution >= 4 is 29.0 Å². The molecule has 0 aliphatic carbocycles. The van der Waals surface area contributed by atoms with Crippen LogP contribution in [-0.2, 0) is 25.9 Å². The number of nitrogens with zero attached hydrogens (tertiary/aromatic N) is 2. The van der Waals surface area contributed by atoms with E-state index in [0.717, 1.165) is 92.0 Å². The number of likely N-dealkylation sites (tertiary alicyclic amines) is 1. The Balaban J connectivity index is 1.07. The molecule has 2 aliphatic heterocycles. The maximum Gasteiger partial charge on any atom is 0.162 e. The van der Waals surface area contributed by atoms with Crippen LogP contribution in [0.3, 0.4) is 0 Å². The highest BCUT2D eigenvalue weighted by molar-refractivity contribution is 6.35. The Labute approximate surface area is 244 Å². The monoisotopic (exact) mass is 562 g/mol. The largest absolute Gasteiger partial charge is 0.299 e. The van der Waals surface area contributed by atoms with E-state index in [4.69, 9.17) is 23.2 Å². The summed E-state index contributed by atoms with van der Waals surface area (Å²) in [4.78, 5) is 18.1. The Morgan fingerprint density at radius 2 is 1.51 bits per heavy atom. The number of piperidine rings is 1. The molecule has 0 amide bonds. The number of rotatable bonds is 9. The number of carbonyl (C=O) groups excluding carboxylic acids is 1. The van der Waals surface area contributed by atoms with Gasteiger partial charge in [0.1, 0.15) is 0 Å². The van der Waals surface area contributed by atoms with Gasteiger partial charge in [-0.15, -0.1) is 0 Å². The van der Waals surface area contributed by atoms with Crippen LogP contribution in [0.15, 0.2) is 60.7 Å². The Kier molecular flexibility index (Phi) is 9.79. The lowest BCUT2D eigenvalue weighted by molar-refractivity contribution is 0.0974. The van der Waals surface area contributed by atoms with E-state index in [0.29, 0.717) is 12.2 Å². The molecule has 0 bridgehead atoms. The summed E-state index contributed by atoms with van der Waals surface area (Å²) >= 11 is 12.8. The third kappa shape index (κ3) is 7.52. The molecule has 0 spiro atoms. The van der Waals surface area contributed by atoms with E-state index < -0.39 is 0 Å². The SMILES string of the molecule is Cc1ccccc1CN1CCC(CCCC(=O)c2ccc3c(c2)CCN(Cc2c(Cl)cccc2Cl)CC3)CC1. The van der Waals surface area contributed by atoms with Crippen molar-refractivity contribution in [3.63, 3.8) is 0 Å². The molecular formula is C34H40Cl2N2O. The quantitative estimate of drug-likeness (QED) is 0.246. The van der Waals surface area contributed by atoms with E-state index in [2.05, 4.69) is 53.1 Å². The molecule has 3 aromatic rings. The second kappa shape index (κ2) is 13.5. The number of Topliss-reactive ketones (excluding diaryl/α,β-unsaturated/α-hetero) is 1. The molecule has 3 nitrogen and oxygen atoms in total. The molecule has 2 aliphatic rings. The Bertz CT molecular complexity index is 1260. The molecule has 0 unspecified atom stereocenters. The highest BCUT2D eigenvalue weighted by Crippen LogP contribution is 2.28. The van der Waals surface area contributed by atoms with Gasteiger partial charge >= 0.3 is 0 Å². The van der Waals surface area contributed by atoms with E-state index in [1.807, 2.05) is 24.3 Å². The highest BCUT2D eigenvalue weighted by Gasteiger charge is 2.21. The number of hydrogen-bond donors (Lipinski definition) is 0. The molecule has 0 radical (unpaired) electrons. The van der Waals surface area contributed by atoms with Crippen LogP contribution < -0.4 is 0 Å². The molecule has 206 valence electrons. The van der Waals surface area contributed by atoms with Crippen molar-refractivity contribution < 1.29 is 4.79 Å². The predicted octanol–water partition coefficient (Wildman–Crippen LogP) is 8.17. The number of aryl methyl sites for hydroxylation is 1. The van der Waals surface area contributed by atoms with Crippen LogP contribution in [0.4, 0.5) is 0 Å². The smallest absolute Gasteiger partial charge is 0.162 e. The van der Waals surface area contributed by atoms with Crippen LogP contribution in [0, 0.1) is 12.8 Å². The molecule has 0 aromatic heterocycles. The van der Waals surface area contributed by atoms with E-state index in [-0.39, 0.29) is 0 Å². The van der Waals surface area contributed by atoms with Gasteiger partial charge in [-0.1, -0.05) is 65.7 Å². The number of fused-ring (bicyclic) bond motifs is 1. The van der Waals surface area contributed by atoms with Gasteiger partial charge in [-0.05, 0) is 105 Å². The van der Waals surface area contributed by atoms with Crippen LogP contribution in [0.5, 0.6) is 0 Å². The first kappa shape index (κ1) is 28.4. The van der Waals surface area contributed by atoms with Crippen LogP contribution in [0.2, 0.25) is 10.0 Å². The summed E-state index contributed by atoms with van der Waals surface area (Å²) in [5, 5.41) is 1.45. The van der Waals surface area contributed by atoms with Crippen LogP contribution in [0.25, 0.3) is 0 Å². The zero-order valence-electron chi connectivity index (χ0n) is 23.1. The fraction of sp³-hybridized carbons (Fsp3) is 0.441. The van der Waals surface area contributed by atoms with Crippen molar-refractivity contribution in [2.75, 3.05) is 26.2 Å². The Hall–Kier alpha value is -2.17. The fourth-order valence-electron chi connectivity index (χ4n) is 6.17. The normalized spacial score (nSPS) is 17.1. The average Bonchev–Trinajstić information content (AvgIpc) is 3.15. The van der Waals surface area contributed by atoms with E-state index in [9.17, 15) is 4.79 Å². The lowest BCUT2D eigenvalue weighted by Crippen LogP contribution is -2.33. The Morgan fingerprint density at radius 1 is 0.821 bits per heavy atom. The fourth-order valence-corrected chi connectivity index (χ4v) is 6.68. The number of hydrogen-bond acceptors (Lipinski definition) is 3. The van der Waals surface area contributed by atoms with Gasteiger partial charge in [0.15, 0.2) is 5.78 Å². The minimum atomic E-state index is 0.291. The molecule has 2 heterocycles. The molecular weight excluding hydrogens is 523 g/mol. The van der Waals surface area contributed by atoms with E-state index in [1.165, 1.54) is 35.1 Å². The first-order valence-corrected chi connectivity index (χ1v) is 15.3. The summed E-state index contributed by atoms with van der Waals surface area (Å²) in [5.41, 5.74) is 7.38. The van der Waals surface area contributed by atoms with Crippen LogP contribution in [0.1, 0.15) is 70.3 Å². The zero-order chi connectivity index (χ0) is 27.2. The standard InChI is InChI=1S/C34H40Cl2N2O/c1-25-6-2-3-8-30(25)23-37-18-14-26(15-19-37)7-4-11-34(39)29-13-12-27-16-20-38(21-17-28(27)22-29)24-31-32(35)9-5-10-33(31)36/h2-3,5-6,8-10,12-13,22,26H,4,7,11,14-21,23-24H2,1H3.